The molecule has 0 aliphatic rings. The van der Waals surface area contributed by atoms with Crippen molar-refractivity contribution in [2.75, 3.05) is 13.6 Å². The molecule has 20 heavy (non-hydrogen) atoms. The van der Waals surface area contributed by atoms with Gasteiger partial charge in [0.15, 0.2) is 0 Å². The standard InChI is InChI=1S/C14H17ClFN3S/c1-9-13(20-8-18-9)7-19(2)12(6-17)14-10(15)4-3-5-11(14)16/h3-5,8,12H,6-7,17H2,1-2H3. The Balaban J connectivity index is 2.26. The third-order valence-electron chi connectivity index (χ3n) is 3.33. The zero-order valence-corrected chi connectivity index (χ0v) is 13.0. The minimum absolute atomic E-state index is 0.259. The first-order valence-electron chi connectivity index (χ1n) is 6.27. The number of nitrogens with two attached hydrogens (primary N) is 1. The predicted molar refractivity (Wildman–Crippen MR) is 81.5 cm³/mol. The molecule has 3 nitrogen and oxygen atoms in total. The number of likely N-dealkylation sites (N-methyl/N-ethyl adjacent to an activating group) is 1. The van der Waals surface area contributed by atoms with Crippen molar-refractivity contribution in [3.05, 3.63) is 50.7 Å². The molecule has 2 aromatic rings. The van der Waals surface area contributed by atoms with Gasteiger partial charge < -0.3 is 5.73 Å². The van der Waals surface area contributed by atoms with Gasteiger partial charge in [-0.3, -0.25) is 4.90 Å². The highest BCUT2D eigenvalue weighted by Gasteiger charge is 2.22. The van der Waals surface area contributed by atoms with Gasteiger partial charge in [0, 0.05) is 28.6 Å². The van der Waals surface area contributed by atoms with E-state index >= 15 is 0 Å². The largest absolute Gasteiger partial charge is 0.329 e. The summed E-state index contributed by atoms with van der Waals surface area (Å²) in [5.74, 6) is -0.319. The van der Waals surface area contributed by atoms with Gasteiger partial charge in [0.2, 0.25) is 0 Å². The molecule has 0 spiro atoms. The second-order valence-corrected chi connectivity index (χ2v) is 6.01. The van der Waals surface area contributed by atoms with Crippen LogP contribution in [0.4, 0.5) is 4.39 Å². The fourth-order valence-corrected chi connectivity index (χ4v) is 3.29. The van der Waals surface area contributed by atoms with Crippen molar-refractivity contribution in [2.45, 2.75) is 19.5 Å². The third kappa shape index (κ3) is 3.17. The second-order valence-electron chi connectivity index (χ2n) is 4.66. The van der Waals surface area contributed by atoms with E-state index in [-0.39, 0.29) is 11.9 Å². The molecule has 1 unspecified atom stereocenters. The molecule has 2 rings (SSSR count). The normalized spacial score (nSPS) is 12.9. The summed E-state index contributed by atoms with van der Waals surface area (Å²) in [5, 5.41) is 0.410. The molecular formula is C14H17ClFN3S. The van der Waals surface area contributed by atoms with Crippen molar-refractivity contribution < 1.29 is 4.39 Å². The molecule has 6 heteroatoms. The van der Waals surface area contributed by atoms with Gasteiger partial charge in [-0.1, -0.05) is 17.7 Å². The van der Waals surface area contributed by atoms with Crippen LogP contribution in [-0.2, 0) is 6.54 Å². The van der Waals surface area contributed by atoms with E-state index in [1.807, 2.05) is 24.4 Å². The van der Waals surface area contributed by atoms with E-state index in [9.17, 15) is 4.39 Å². The Bertz CT molecular complexity index is 567. The quantitative estimate of drug-likeness (QED) is 0.920. The highest BCUT2D eigenvalue weighted by atomic mass is 35.5. The number of aryl methyl sites for hydroxylation is 1. The number of rotatable bonds is 5. The van der Waals surface area contributed by atoms with Crippen molar-refractivity contribution in [3.8, 4) is 0 Å². The smallest absolute Gasteiger partial charge is 0.129 e. The summed E-state index contributed by atoms with van der Waals surface area (Å²) in [6.45, 7) is 2.94. The van der Waals surface area contributed by atoms with Crippen molar-refractivity contribution in [2.24, 2.45) is 5.73 Å². The molecule has 1 heterocycles. The molecule has 1 aromatic carbocycles. The number of halogens is 2. The Morgan fingerprint density at radius 1 is 1.50 bits per heavy atom. The van der Waals surface area contributed by atoms with Crippen molar-refractivity contribution in [1.82, 2.24) is 9.88 Å². The summed E-state index contributed by atoms with van der Waals surface area (Å²) in [7, 11) is 1.92. The number of hydrogen-bond donors (Lipinski definition) is 1. The Hall–Kier alpha value is -1.01. The molecule has 0 radical (unpaired) electrons. The molecule has 0 amide bonds. The minimum Gasteiger partial charge on any atom is -0.329 e. The molecule has 0 saturated carbocycles. The van der Waals surface area contributed by atoms with Gasteiger partial charge in [-0.2, -0.15) is 0 Å². The maximum atomic E-state index is 14.0. The Labute approximate surface area is 127 Å². The Morgan fingerprint density at radius 2 is 2.25 bits per heavy atom. The van der Waals surface area contributed by atoms with Gasteiger partial charge in [0.25, 0.3) is 0 Å². The molecule has 2 N–H and O–H groups in total. The third-order valence-corrected chi connectivity index (χ3v) is 4.58. The lowest BCUT2D eigenvalue weighted by Gasteiger charge is -2.28. The van der Waals surface area contributed by atoms with Gasteiger partial charge >= 0.3 is 0 Å². The molecular weight excluding hydrogens is 297 g/mol. The topological polar surface area (TPSA) is 42.2 Å². The molecule has 0 bridgehead atoms. The van der Waals surface area contributed by atoms with E-state index in [0.717, 1.165) is 10.6 Å². The lowest BCUT2D eigenvalue weighted by Crippen LogP contribution is -2.31. The van der Waals surface area contributed by atoms with E-state index in [2.05, 4.69) is 4.98 Å². The van der Waals surface area contributed by atoms with Crippen LogP contribution in [0.15, 0.2) is 23.7 Å². The molecule has 108 valence electrons. The van der Waals surface area contributed by atoms with E-state index in [1.54, 1.807) is 23.5 Å². The number of benzene rings is 1. The lowest BCUT2D eigenvalue weighted by molar-refractivity contribution is 0.238. The summed E-state index contributed by atoms with van der Waals surface area (Å²) in [4.78, 5) is 7.38. The van der Waals surface area contributed by atoms with Crippen LogP contribution >= 0.6 is 22.9 Å². The van der Waals surface area contributed by atoms with Gasteiger partial charge in [-0.15, -0.1) is 11.3 Å². The molecule has 1 atom stereocenters. The van der Waals surface area contributed by atoms with Crippen LogP contribution in [0, 0.1) is 12.7 Å². The summed E-state index contributed by atoms with van der Waals surface area (Å²) < 4.78 is 14.0. The van der Waals surface area contributed by atoms with Crippen LogP contribution in [-0.4, -0.2) is 23.5 Å². The van der Waals surface area contributed by atoms with Crippen LogP contribution in [0.1, 0.15) is 22.2 Å². The van der Waals surface area contributed by atoms with Gasteiger partial charge in [0.05, 0.1) is 17.2 Å². The summed E-state index contributed by atoms with van der Waals surface area (Å²) in [5.41, 5.74) is 9.10. The van der Waals surface area contributed by atoms with Gasteiger partial charge in [-0.25, -0.2) is 9.37 Å². The van der Waals surface area contributed by atoms with Crippen LogP contribution in [0.2, 0.25) is 5.02 Å². The molecule has 0 aliphatic heterocycles. The fourth-order valence-electron chi connectivity index (χ4n) is 2.16. The monoisotopic (exact) mass is 313 g/mol. The molecule has 0 fully saturated rings. The van der Waals surface area contributed by atoms with Gasteiger partial charge in [0.1, 0.15) is 5.82 Å². The number of hydrogen-bond acceptors (Lipinski definition) is 4. The summed E-state index contributed by atoms with van der Waals surface area (Å²) in [6.07, 6.45) is 0. The molecule has 0 saturated heterocycles. The first-order valence-corrected chi connectivity index (χ1v) is 7.53. The van der Waals surface area contributed by atoms with E-state index in [4.69, 9.17) is 17.3 Å². The Kier molecular flexibility index (Phi) is 5.10. The summed E-state index contributed by atoms with van der Waals surface area (Å²) >= 11 is 7.72. The average Bonchev–Trinajstić information content (AvgIpc) is 2.79. The molecule has 1 aromatic heterocycles. The molecule has 0 aliphatic carbocycles. The zero-order chi connectivity index (χ0) is 14.7. The first kappa shape index (κ1) is 15.4. The summed E-state index contributed by atoms with van der Waals surface area (Å²) in [6, 6.07) is 4.44. The minimum atomic E-state index is -0.319. The second kappa shape index (κ2) is 6.63. The zero-order valence-electron chi connectivity index (χ0n) is 11.4. The predicted octanol–water partition coefficient (Wildman–Crippen LogP) is 3.38. The lowest BCUT2D eigenvalue weighted by atomic mass is 10.0. The van der Waals surface area contributed by atoms with Crippen molar-refractivity contribution in [1.29, 1.82) is 0 Å². The van der Waals surface area contributed by atoms with E-state index in [0.29, 0.717) is 23.7 Å². The highest BCUT2D eigenvalue weighted by Crippen LogP contribution is 2.30. The maximum Gasteiger partial charge on any atom is 0.129 e. The van der Waals surface area contributed by atoms with E-state index < -0.39 is 0 Å². The van der Waals surface area contributed by atoms with Crippen molar-refractivity contribution in [3.63, 3.8) is 0 Å². The number of aromatic nitrogens is 1. The fraction of sp³-hybridized carbons (Fsp3) is 0.357. The van der Waals surface area contributed by atoms with Crippen LogP contribution in [0.3, 0.4) is 0 Å². The van der Waals surface area contributed by atoms with Crippen LogP contribution in [0.25, 0.3) is 0 Å². The Morgan fingerprint density at radius 3 is 2.80 bits per heavy atom. The maximum absolute atomic E-state index is 14.0. The van der Waals surface area contributed by atoms with E-state index in [1.165, 1.54) is 6.07 Å². The van der Waals surface area contributed by atoms with Crippen molar-refractivity contribution >= 4 is 22.9 Å². The van der Waals surface area contributed by atoms with Crippen LogP contribution < -0.4 is 5.73 Å². The number of thiazole rings is 1. The van der Waals surface area contributed by atoms with Crippen LogP contribution in [0.5, 0.6) is 0 Å². The van der Waals surface area contributed by atoms with Gasteiger partial charge in [-0.05, 0) is 26.1 Å². The SMILES string of the molecule is Cc1ncsc1CN(C)C(CN)c1c(F)cccc1Cl. The highest BCUT2D eigenvalue weighted by molar-refractivity contribution is 7.09. The average molecular weight is 314 g/mol. The number of nitrogens with zero attached hydrogens (tertiary/aromatic N) is 2. The first-order chi connectivity index (χ1) is 9.54.